The van der Waals surface area contributed by atoms with E-state index in [4.69, 9.17) is 5.73 Å². The molecule has 0 heterocycles. The standard InChI is InChI=1S/C15H22N2O2S/c1-12(15(2,3)4)17-20(18,19)14-9-5-7-13(11-14)8-6-10-16/h5,7,9,11-12,17H,10,16H2,1-4H3. The van der Waals surface area contributed by atoms with E-state index in [9.17, 15) is 8.42 Å². The van der Waals surface area contributed by atoms with E-state index in [1.54, 1.807) is 24.3 Å². The summed E-state index contributed by atoms with van der Waals surface area (Å²) in [5.74, 6) is 5.54. The monoisotopic (exact) mass is 294 g/mol. The third-order valence-electron chi connectivity index (χ3n) is 3.11. The van der Waals surface area contributed by atoms with Crippen molar-refractivity contribution in [2.24, 2.45) is 11.1 Å². The van der Waals surface area contributed by atoms with Crippen molar-refractivity contribution in [3.05, 3.63) is 29.8 Å². The minimum absolute atomic E-state index is 0.149. The van der Waals surface area contributed by atoms with Crippen LogP contribution >= 0.6 is 0 Å². The summed E-state index contributed by atoms with van der Waals surface area (Å²) in [6.45, 7) is 8.07. The van der Waals surface area contributed by atoms with Crippen molar-refractivity contribution in [2.75, 3.05) is 6.54 Å². The molecule has 5 heteroatoms. The molecule has 0 radical (unpaired) electrons. The number of nitrogens with one attached hydrogen (secondary N) is 1. The van der Waals surface area contributed by atoms with Crippen molar-refractivity contribution >= 4 is 10.0 Å². The first kappa shape index (κ1) is 16.7. The summed E-state index contributed by atoms with van der Waals surface area (Å²) in [7, 11) is -3.54. The van der Waals surface area contributed by atoms with E-state index in [-0.39, 0.29) is 22.9 Å². The zero-order valence-electron chi connectivity index (χ0n) is 12.4. The second-order valence-corrected chi connectivity index (χ2v) is 7.46. The summed E-state index contributed by atoms with van der Waals surface area (Å²) in [5.41, 5.74) is 5.80. The highest BCUT2D eigenvalue weighted by Crippen LogP contribution is 2.21. The molecule has 1 rings (SSSR count). The molecule has 0 spiro atoms. The zero-order valence-corrected chi connectivity index (χ0v) is 13.2. The fourth-order valence-corrected chi connectivity index (χ4v) is 2.87. The number of nitrogens with two attached hydrogens (primary N) is 1. The van der Waals surface area contributed by atoms with Crippen LogP contribution in [0.4, 0.5) is 0 Å². The lowest BCUT2D eigenvalue weighted by molar-refractivity contribution is 0.317. The van der Waals surface area contributed by atoms with E-state index in [0.29, 0.717) is 5.56 Å². The van der Waals surface area contributed by atoms with Crippen molar-refractivity contribution in [3.63, 3.8) is 0 Å². The van der Waals surface area contributed by atoms with Crippen LogP contribution in [-0.4, -0.2) is 21.0 Å². The van der Waals surface area contributed by atoms with Gasteiger partial charge in [0.05, 0.1) is 11.4 Å². The van der Waals surface area contributed by atoms with E-state index < -0.39 is 10.0 Å². The molecule has 4 nitrogen and oxygen atoms in total. The fraction of sp³-hybridized carbons (Fsp3) is 0.467. The molecule has 1 aromatic carbocycles. The fourth-order valence-electron chi connectivity index (χ4n) is 1.37. The molecule has 0 aliphatic carbocycles. The van der Waals surface area contributed by atoms with Gasteiger partial charge in [-0.15, -0.1) is 0 Å². The third kappa shape index (κ3) is 4.64. The summed E-state index contributed by atoms with van der Waals surface area (Å²) in [6, 6.07) is 6.38. The first-order chi connectivity index (χ1) is 9.16. The minimum atomic E-state index is -3.54. The first-order valence-electron chi connectivity index (χ1n) is 6.48. The van der Waals surface area contributed by atoms with E-state index in [0.717, 1.165) is 0 Å². The van der Waals surface area contributed by atoms with Gasteiger partial charge >= 0.3 is 0 Å². The van der Waals surface area contributed by atoms with E-state index in [1.165, 1.54) is 0 Å². The lowest BCUT2D eigenvalue weighted by atomic mass is 9.89. The van der Waals surface area contributed by atoms with Gasteiger partial charge in [0.25, 0.3) is 0 Å². The van der Waals surface area contributed by atoms with Crippen LogP contribution in [0.25, 0.3) is 0 Å². The quantitative estimate of drug-likeness (QED) is 0.834. The Bertz CT molecular complexity index is 619. The first-order valence-corrected chi connectivity index (χ1v) is 7.96. The van der Waals surface area contributed by atoms with Gasteiger partial charge in [-0.1, -0.05) is 38.7 Å². The normalized spacial score (nSPS) is 13.4. The largest absolute Gasteiger partial charge is 0.320 e. The number of hydrogen-bond acceptors (Lipinski definition) is 3. The maximum Gasteiger partial charge on any atom is 0.240 e. The third-order valence-corrected chi connectivity index (χ3v) is 4.65. The van der Waals surface area contributed by atoms with Crippen molar-refractivity contribution in [1.82, 2.24) is 4.72 Å². The summed E-state index contributed by atoms with van der Waals surface area (Å²) in [4.78, 5) is 0.220. The topological polar surface area (TPSA) is 72.2 Å². The molecule has 0 aliphatic rings. The Kier molecular flexibility index (Phi) is 5.35. The van der Waals surface area contributed by atoms with E-state index >= 15 is 0 Å². The van der Waals surface area contributed by atoms with E-state index in [2.05, 4.69) is 16.6 Å². The van der Waals surface area contributed by atoms with Gasteiger partial charge in [-0.05, 0) is 30.5 Å². The van der Waals surface area contributed by atoms with Crippen molar-refractivity contribution in [2.45, 2.75) is 38.6 Å². The predicted molar refractivity (Wildman–Crippen MR) is 81.6 cm³/mol. The molecule has 0 aliphatic heterocycles. The summed E-state index contributed by atoms with van der Waals surface area (Å²) in [5, 5.41) is 0. The van der Waals surface area contributed by atoms with Crippen molar-refractivity contribution in [3.8, 4) is 11.8 Å². The Morgan fingerprint density at radius 1 is 1.35 bits per heavy atom. The second kappa shape index (κ2) is 6.40. The molecular weight excluding hydrogens is 272 g/mol. The number of sulfonamides is 1. The number of rotatable bonds is 3. The summed E-state index contributed by atoms with van der Waals surface area (Å²) < 4.78 is 27.4. The number of benzene rings is 1. The van der Waals surface area contributed by atoms with Gasteiger partial charge in [0.2, 0.25) is 10.0 Å². The molecule has 20 heavy (non-hydrogen) atoms. The summed E-state index contributed by atoms with van der Waals surface area (Å²) >= 11 is 0. The molecule has 0 aromatic heterocycles. The average molecular weight is 294 g/mol. The van der Waals surface area contributed by atoms with Crippen molar-refractivity contribution in [1.29, 1.82) is 0 Å². The van der Waals surface area contributed by atoms with Crippen LogP contribution in [0.15, 0.2) is 29.2 Å². The molecule has 1 aromatic rings. The van der Waals surface area contributed by atoms with Crippen LogP contribution in [0, 0.1) is 17.3 Å². The molecule has 110 valence electrons. The highest BCUT2D eigenvalue weighted by molar-refractivity contribution is 7.89. The van der Waals surface area contributed by atoms with Crippen LogP contribution < -0.4 is 10.5 Å². The average Bonchev–Trinajstić information content (AvgIpc) is 2.35. The van der Waals surface area contributed by atoms with Gasteiger partial charge in [-0.25, -0.2) is 13.1 Å². The maximum atomic E-state index is 12.3. The van der Waals surface area contributed by atoms with Crippen LogP contribution in [-0.2, 0) is 10.0 Å². The van der Waals surface area contributed by atoms with Gasteiger partial charge in [0, 0.05) is 11.6 Å². The van der Waals surface area contributed by atoms with Crippen molar-refractivity contribution < 1.29 is 8.42 Å². The Hall–Kier alpha value is -1.35. The highest BCUT2D eigenvalue weighted by atomic mass is 32.2. The highest BCUT2D eigenvalue weighted by Gasteiger charge is 2.25. The Labute approximate surface area is 121 Å². The molecule has 0 fully saturated rings. The lowest BCUT2D eigenvalue weighted by Crippen LogP contribution is -2.41. The van der Waals surface area contributed by atoms with Crippen LogP contribution in [0.2, 0.25) is 0 Å². The second-order valence-electron chi connectivity index (χ2n) is 5.74. The van der Waals surface area contributed by atoms with Gasteiger partial charge < -0.3 is 5.73 Å². The molecular formula is C15H22N2O2S. The van der Waals surface area contributed by atoms with Gasteiger partial charge in [-0.2, -0.15) is 0 Å². The SMILES string of the molecule is CC(NS(=O)(=O)c1cccc(C#CCN)c1)C(C)(C)C. The molecule has 3 N–H and O–H groups in total. The Morgan fingerprint density at radius 3 is 2.55 bits per heavy atom. The van der Waals surface area contributed by atoms with Gasteiger partial charge in [0.15, 0.2) is 0 Å². The molecule has 1 unspecified atom stereocenters. The lowest BCUT2D eigenvalue weighted by Gasteiger charge is -2.27. The van der Waals surface area contributed by atoms with Crippen LogP contribution in [0.5, 0.6) is 0 Å². The smallest absolute Gasteiger partial charge is 0.240 e. The molecule has 0 amide bonds. The predicted octanol–water partition coefficient (Wildman–Crippen LogP) is 1.71. The van der Waals surface area contributed by atoms with Gasteiger partial charge in [0.1, 0.15) is 0 Å². The van der Waals surface area contributed by atoms with Crippen LogP contribution in [0.3, 0.4) is 0 Å². The molecule has 0 bridgehead atoms. The van der Waals surface area contributed by atoms with Gasteiger partial charge in [-0.3, -0.25) is 0 Å². The molecule has 1 atom stereocenters. The summed E-state index contributed by atoms with van der Waals surface area (Å²) in [6.07, 6.45) is 0. The Balaban J connectivity index is 3.04. The number of hydrogen-bond donors (Lipinski definition) is 2. The van der Waals surface area contributed by atoms with E-state index in [1.807, 2.05) is 27.7 Å². The zero-order chi connectivity index (χ0) is 15.4. The Morgan fingerprint density at radius 2 is 2.00 bits per heavy atom. The maximum absolute atomic E-state index is 12.3. The molecule has 0 saturated heterocycles. The molecule has 0 saturated carbocycles. The minimum Gasteiger partial charge on any atom is -0.320 e. The van der Waals surface area contributed by atoms with Crippen LogP contribution in [0.1, 0.15) is 33.3 Å².